The molecule has 0 spiro atoms. The predicted octanol–water partition coefficient (Wildman–Crippen LogP) is 31.2. The maximum absolute atomic E-state index is 3.11. The second-order valence-corrected chi connectivity index (χ2v) is 34.3. The Bertz CT molecular complexity index is 1510. The molecule has 13 unspecified atom stereocenters. The molecule has 0 aliphatic heterocycles. The van der Waals surface area contributed by atoms with Crippen LogP contribution in [0.25, 0.3) is 0 Å². The summed E-state index contributed by atoms with van der Waals surface area (Å²) >= 11 is 0. The lowest BCUT2D eigenvalue weighted by atomic mass is 9.39. The van der Waals surface area contributed by atoms with Gasteiger partial charge in [0.1, 0.15) is 0 Å². The Morgan fingerprint density at radius 2 is 0.709 bits per heavy atom. The summed E-state index contributed by atoms with van der Waals surface area (Å²) in [6.07, 6.45) is 60.6. The van der Waals surface area contributed by atoms with Gasteiger partial charge >= 0.3 is 0 Å². The Labute approximate surface area is 550 Å². The summed E-state index contributed by atoms with van der Waals surface area (Å²) in [6, 6.07) is 0. The van der Waals surface area contributed by atoms with E-state index in [1.165, 1.54) is 276 Å². The molecule has 0 saturated carbocycles. The van der Waals surface area contributed by atoms with E-state index in [1.54, 1.807) is 0 Å². The molecule has 0 aromatic rings. The molecule has 86 heavy (non-hydrogen) atoms. The van der Waals surface area contributed by atoms with Gasteiger partial charge in [-0.15, -0.1) is 0 Å². The fourth-order valence-electron chi connectivity index (χ4n) is 19.6. The van der Waals surface area contributed by atoms with Crippen molar-refractivity contribution in [2.24, 2.45) is 104 Å². The summed E-state index contributed by atoms with van der Waals surface area (Å²) < 4.78 is 0. The van der Waals surface area contributed by atoms with Crippen LogP contribution in [-0.4, -0.2) is 0 Å². The molecule has 0 heterocycles. The van der Waals surface area contributed by atoms with Crippen LogP contribution in [0.3, 0.4) is 0 Å². The third-order valence-corrected chi connectivity index (χ3v) is 26.1. The van der Waals surface area contributed by atoms with Crippen LogP contribution >= 0.6 is 0 Å². The van der Waals surface area contributed by atoms with Crippen LogP contribution < -0.4 is 0 Å². The van der Waals surface area contributed by atoms with Crippen LogP contribution in [0.4, 0.5) is 0 Å². The largest absolute Gasteiger partial charge is 0.0654 e. The first-order chi connectivity index (χ1) is 40.8. The molecule has 0 rings (SSSR count). The molecular weight excluding hydrogens is 1030 g/mol. The molecule has 0 saturated heterocycles. The third-order valence-electron chi connectivity index (χ3n) is 26.1. The van der Waals surface area contributed by atoms with Crippen molar-refractivity contribution >= 4 is 0 Å². The summed E-state index contributed by atoms with van der Waals surface area (Å²) in [6.45, 7) is 65.9. The van der Waals surface area contributed by atoms with Crippen molar-refractivity contribution in [2.75, 3.05) is 0 Å². The fourth-order valence-corrected chi connectivity index (χ4v) is 19.6. The van der Waals surface area contributed by atoms with E-state index in [9.17, 15) is 0 Å². The fraction of sp³-hybridized carbons (Fsp3) is 1.00. The van der Waals surface area contributed by atoms with Gasteiger partial charge in [0, 0.05) is 0 Å². The summed E-state index contributed by atoms with van der Waals surface area (Å²) in [7, 11) is 0. The van der Waals surface area contributed by atoms with Crippen LogP contribution in [0.1, 0.15) is 449 Å². The Hall–Kier alpha value is 0. The van der Waals surface area contributed by atoms with Crippen molar-refractivity contribution in [3.63, 3.8) is 0 Å². The summed E-state index contributed by atoms with van der Waals surface area (Å²) in [5.74, 6) is 10.2. The van der Waals surface area contributed by atoms with Crippen molar-refractivity contribution in [2.45, 2.75) is 449 Å². The predicted molar refractivity (Wildman–Crippen MR) is 398 cm³/mol. The number of unbranched alkanes of at least 4 members (excludes halogenated alkanes) is 9. The van der Waals surface area contributed by atoms with Gasteiger partial charge in [-0.3, -0.25) is 0 Å². The molecule has 0 bridgehead atoms. The highest BCUT2D eigenvalue weighted by molar-refractivity contribution is 5.11. The minimum atomic E-state index is 0.162. The molecule has 518 valence electrons. The van der Waals surface area contributed by atoms with E-state index in [2.05, 4.69) is 173 Å². The van der Waals surface area contributed by atoms with E-state index in [4.69, 9.17) is 0 Å². The number of hydrogen-bond acceptors (Lipinski definition) is 0. The zero-order valence-corrected chi connectivity index (χ0v) is 65.4. The minimum absolute atomic E-state index is 0.162. The van der Waals surface area contributed by atoms with Gasteiger partial charge in [-0.2, -0.15) is 0 Å². The van der Waals surface area contributed by atoms with Crippen molar-refractivity contribution in [3.05, 3.63) is 0 Å². The highest BCUT2D eigenvalue weighted by Gasteiger charge is 2.62. The van der Waals surface area contributed by atoms with Gasteiger partial charge in [-0.1, -0.05) is 385 Å². The van der Waals surface area contributed by atoms with Crippen LogP contribution in [0.2, 0.25) is 0 Å². The van der Waals surface area contributed by atoms with E-state index >= 15 is 0 Å². The Morgan fingerprint density at radius 1 is 0.326 bits per heavy atom. The first-order valence-corrected chi connectivity index (χ1v) is 40.8. The first-order valence-electron chi connectivity index (χ1n) is 40.8. The maximum atomic E-state index is 3.11. The molecule has 0 aliphatic rings. The van der Waals surface area contributed by atoms with E-state index < -0.39 is 0 Å². The van der Waals surface area contributed by atoms with Crippen LogP contribution in [0.15, 0.2) is 0 Å². The molecule has 0 aromatic carbocycles. The molecule has 0 heteroatoms. The quantitative estimate of drug-likeness (QED) is 0.0533. The molecule has 13 atom stereocenters. The smallest absolute Gasteiger partial charge is 0.0205 e. The Balaban J connectivity index is 9.41. The second kappa shape index (κ2) is 47.8. The minimum Gasteiger partial charge on any atom is -0.0654 e. The third kappa shape index (κ3) is 30.0. The summed E-state index contributed by atoms with van der Waals surface area (Å²) in [4.78, 5) is 0. The summed E-state index contributed by atoms with van der Waals surface area (Å²) in [5, 5.41) is 0. The molecule has 0 aliphatic carbocycles. The zero-order valence-electron chi connectivity index (χ0n) is 65.4. The maximum Gasteiger partial charge on any atom is -0.0205 e. The van der Waals surface area contributed by atoms with Gasteiger partial charge in [0.2, 0.25) is 0 Å². The summed E-state index contributed by atoms with van der Waals surface area (Å²) in [5.41, 5.74) is 1.38. The van der Waals surface area contributed by atoms with Gasteiger partial charge in [0.25, 0.3) is 0 Å². The molecular formula is C86H174. The average molecular weight is 1210 g/mol. The van der Waals surface area contributed by atoms with Crippen molar-refractivity contribution in [1.29, 1.82) is 0 Å². The van der Waals surface area contributed by atoms with Crippen LogP contribution in [-0.2, 0) is 0 Å². The van der Waals surface area contributed by atoms with Gasteiger partial charge in [-0.05, 0) is 168 Å². The van der Waals surface area contributed by atoms with E-state index in [1.807, 2.05) is 0 Å². The Morgan fingerprint density at radius 3 is 1.08 bits per heavy atom. The molecule has 0 aromatic heterocycles. The first kappa shape index (κ1) is 86.0. The number of hydrogen-bond donors (Lipinski definition) is 0. The molecule has 0 amide bonds. The van der Waals surface area contributed by atoms with Gasteiger partial charge < -0.3 is 0 Å². The lowest BCUT2D eigenvalue weighted by Gasteiger charge is -2.66. The van der Waals surface area contributed by atoms with Crippen molar-refractivity contribution < 1.29 is 0 Å². The van der Waals surface area contributed by atoms with Gasteiger partial charge in [0.05, 0.1) is 0 Å². The van der Waals surface area contributed by atoms with E-state index in [0.717, 1.165) is 71.0 Å². The van der Waals surface area contributed by atoms with Gasteiger partial charge in [0.15, 0.2) is 0 Å². The second-order valence-electron chi connectivity index (χ2n) is 34.3. The average Bonchev–Trinajstić information content (AvgIpc) is 0.735. The van der Waals surface area contributed by atoms with Crippen molar-refractivity contribution in [3.8, 4) is 0 Å². The van der Waals surface area contributed by atoms with Crippen molar-refractivity contribution in [1.82, 2.24) is 0 Å². The normalized spacial score (nSPS) is 18.6. The standard InChI is InChI=1S/C86H174/c1-26-39-43-54-76(49-30-5)62-81(61-72(19)70(16)17)86(68-82(22,23)38-13,67-80(53-34-9)57-46-42-29-4)83(24,25)84(63-75(36-11)37-12,64-77(50-31-6)55-44-40-27-2)65-78(51-32-7)58-47-48-59-85(73(20)60-69(14)15,74(21)71(18)35-10)66-79(52-33-8)56-45-41-28-3/h69-81H,26-68H2,1-25H3. The van der Waals surface area contributed by atoms with E-state index in [-0.39, 0.29) is 21.7 Å². The monoisotopic (exact) mass is 1210 g/mol. The topological polar surface area (TPSA) is 0 Å². The molecule has 0 nitrogen and oxygen atoms in total. The van der Waals surface area contributed by atoms with Crippen LogP contribution in [0.5, 0.6) is 0 Å². The lowest BCUT2D eigenvalue weighted by Crippen LogP contribution is -2.58. The van der Waals surface area contributed by atoms with E-state index in [0.29, 0.717) is 11.3 Å². The molecule has 0 N–H and O–H groups in total. The zero-order chi connectivity index (χ0) is 65.4. The molecule has 0 radical (unpaired) electrons. The Kier molecular flexibility index (Phi) is 47.8. The number of rotatable bonds is 60. The lowest BCUT2D eigenvalue weighted by molar-refractivity contribution is -0.167. The highest BCUT2D eigenvalue weighted by atomic mass is 14.7. The SMILES string of the molecule is CCCCCC(CCC)CC(CC(C)C(C)C)C(CC(CCC)CCCCC)(CC(C)(C)CC)C(C)(C)C(CC(CC)CC)(CC(CCC)CCCCC)CC(CCC)CCCCC(CC(CCC)CCCCC)(C(C)CC(C)C)C(C)C(C)CC. The highest BCUT2D eigenvalue weighted by Crippen LogP contribution is 2.70. The molecule has 0 fully saturated rings. The van der Waals surface area contributed by atoms with Gasteiger partial charge in [-0.25, -0.2) is 0 Å². The van der Waals surface area contributed by atoms with Crippen LogP contribution in [0, 0.1) is 104 Å².